The summed E-state index contributed by atoms with van der Waals surface area (Å²) in [6, 6.07) is 10.7. The molecule has 2 rings (SSSR count). The van der Waals surface area contributed by atoms with E-state index in [0.29, 0.717) is 21.8 Å². The van der Waals surface area contributed by atoms with Crippen LogP contribution >= 0.6 is 15.9 Å². The number of pyridine rings is 1. The molecule has 0 saturated heterocycles. The number of nitrogens with zero attached hydrogens (tertiary/aromatic N) is 1. The summed E-state index contributed by atoms with van der Waals surface area (Å²) in [5.74, 6) is 0.852. The van der Waals surface area contributed by atoms with Gasteiger partial charge in [-0.3, -0.25) is 4.79 Å². The van der Waals surface area contributed by atoms with E-state index in [0.717, 1.165) is 0 Å². The number of carbonyl (C=O) groups is 1. The van der Waals surface area contributed by atoms with Crippen LogP contribution in [-0.4, -0.2) is 24.6 Å². The van der Waals surface area contributed by atoms with Gasteiger partial charge in [0.1, 0.15) is 4.60 Å². The van der Waals surface area contributed by atoms with Crippen LogP contribution in [-0.2, 0) is 4.79 Å². The van der Waals surface area contributed by atoms with Gasteiger partial charge in [-0.25, -0.2) is 4.98 Å². The number of nitrogens with one attached hydrogen (secondary N) is 1. The summed E-state index contributed by atoms with van der Waals surface area (Å²) in [6.45, 7) is -0.101. The van der Waals surface area contributed by atoms with E-state index in [9.17, 15) is 4.79 Å². The third-order valence-corrected chi connectivity index (χ3v) is 2.91. The average Bonchev–Trinajstić information content (AvgIpc) is 2.48. The molecule has 1 amide bonds. The molecule has 0 aliphatic rings. The number of hydrogen-bond donors (Lipinski definition) is 1. The Morgan fingerprint density at radius 2 is 2.00 bits per heavy atom. The number of amides is 1. The Hall–Kier alpha value is -2.08. The fourth-order valence-corrected chi connectivity index (χ4v) is 1.76. The highest BCUT2D eigenvalue weighted by Gasteiger charge is 2.07. The van der Waals surface area contributed by atoms with Gasteiger partial charge in [0.2, 0.25) is 0 Å². The van der Waals surface area contributed by atoms with Gasteiger partial charge in [-0.05, 0) is 40.2 Å². The molecule has 0 spiro atoms. The molecular weight excluding hydrogens is 324 g/mol. The van der Waals surface area contributed by atoms with Gasteiger partial charge < -0.3 is 14.8 Å². The molecule has 104 valence electrons. The maximum Gasteiger partial charge on any atom is 0.262 e. The Morgan fingerprint density at radius 1 is 1.25 bits per heavy atom. The van der Waals surface area contributed by atoms with Crippen LogP contribution in [0.15, 0.2) is 47.2 Å². The minimum atomic E-state index is -0.264. The zero-order valence-electron chi connectivity index (χ0n) is 10.8. The Bertz CT molecular complexity index is 587. The number of hydrogen-bond acceptors (Lipinski definition) is 4. The number of aromatic nitrogens is 1. The van der Waals surface area contributed by atoms with Crippen LogP contribution in [0.2, 0.25) is 0 Å². The van der Waals surface area contributed by atoms with Crippen molar-refractivity contribution in [2.45, 2.75) is 0 Å². The molecule has 0 aliphatic carbocycles. The highest BCUT2D eigenvalue weighted by atomic mass is 79.9. The van der Waals surface area contributed by atoms with Gasteiger partial charge in [-0.15, -0.1) is 0 Å². The van der Waals surface area contributed by atoms with E-state index in [4.69, 9.17) is 9.47 Å². The Labute approximate surface area is 125 Å². The molecule has 20 heavy (non-hydrogen) atoms. The van der Waals surface area contributed by atoms with E-state index < -0.39 is 0 Å². The van der Waals surface area contributed by atoms with E-state index >= 15 is 0 Å². The van der Waals surface area contributed by atoms with E-state index in [1.807, 2.05) is 12.1 Å². The molecule has 5 nitrogen and oxygen atoms in total. The van der Waals surface area contributed by atoms with Crippen molar-refractivity contribution in [1.29, 1.82) is 0 Å². The molecule has 1 aromatic heterocycles. The fourth-order valence-electron chi connectivity index (χ4n) is 1.53. The first-order valence-corrected chi connectivity index (χ1v) is 6.65. The molecule has 0 fully saturated rings. The number of benzene rings is 1. The van der Waals surface area contributed by atoms with Crippen molar-refractivity contribution >= 4 is 27.5 Å². The number of rotatable bonds is 5. The maximum atomic E-state index is 11.8. The Balaban J connectivity index is 1.90. The van der Waals surface area contributed by atoms with Gasteiger partial charge >= 0.3 is 0 Å². The minimum Gasteiger partial charge on any atom is -0.493 e. The van der Waals surface area contributed by atoms with Crippen LogP contribution in [0, 0.1) is 0 Å². The van der Waals surface area contributed by atoms with Crippen molar-refractivity contribution in [3.8, 4) is 11.5 Å². The lowest BCUT2D eigenvalue weighted by Gasteiger charge is -2.10. The first-order valence-electron chi connectivity index (χ1n) is 5.86. The highest BCUT2D eigenvalue weighted by Crippen LogP contribution is 2.25. The van der Waals surface area contributed by atoms with Crippen molar-refractivity contribution in [3.63, 3.8) is 0 Å². The van der Waals surface area contributed by atoms with Crippen molar-refractivity contribution in [1.82, 2.24) is 4.98 Å². The van der Waals surface area contributed by atoms with Crippen LogP contribution in [0.4, 0.5) is 5.69 Å². The number of ether oxygens (including phenoxy) is 2. The van der Waals surface area contributed by atoms with Crippen molar-refractivity contribution < 1.29 is 14.3 Å². The van der Waals surface area contributed by atoms with E-state index in [-0.39, 0.29) is 12.5 Å². The number of para-hydroxylation sites is 2. The van der Waals surface area contributed by atoms with Crippen LogP contribution in [0.3, 0.4) is 0 Å². The van der Waals surface area contributed by atoms with Crippen LogP contribution in [0.1, 0.15) is 0 Å². The van der Waals surface area contributed by atoms with Gasteiger partial charge in [-0.2, -0.15) is 0 Å². The molecule has 1 N–H and O–H groups in total. The summed E-state index contributed by atoms with van der Waals surface area (Å²) < 4.78 is 11.3. The second-order valence-corrected chi connectivity index (χ2v) is 4.67. The van der Waals surface area contributed by atoms with Gasteiger partial charge in [0, 0.05) is 0 Å². The van der Waals surface area contributed by atoms with E-state index in [2.05, 4.69) is 26.2 Å². The minimum absolute atomic E-state index is 0.101. The molecule has 6 heteroatoms. The summed E-state index contributed by atoms with van der Waals surface area (Å²) in [6.07, 6.45) is 1.56. The Morgan fingerprint density at radius 3 is 2.65 bits per heavy atom. The van der Waals surface area contributed by atoms with Crippen LogP contribution in [0.5, 0.6) is 11.5 Å². The first-order chi connectivity index (χ1) is 9.69. The van der Waals surface area contributed by atoms with E-state index in [1.165, 1.54) is 0 Å². The second-order valence-electron chi connectivity index (χ2n) is 3.86. The summed E-state index contributed by atoms with van der Waals surface area (Å²) >= 11 is 3.23. The zero-order valence-corrected chi connectivity index (χ0v) is 12.4. The van der Waals surface area contributed by atoms with Gasteiger partial charge in [-0.1, -0.05) is 12.1 Å². The largest absolute Gasteiger partial charge is 0.493 e. The quantitative estimate of drug-likeness (QED) is 0.853. The predicted molar refractivity (Wildman–Crippen MR) is 79.1 cm³/mol. The standard InChI is InChI=1S/C14H13BrN2O3/c1-19-11-4-2-3-5-12(11)20-9-14(18)17-10-6-7-13(15)16-8-10/h2-8H,9H2,1H3,(H,17,18). The molecule has 0 saturated carbocycles. The van der Waals surface area contributed by atoms with Crippen molar-refractivity contribution in [2.24, 2.45) is 0 Å². The first kappa shape index (κ1) is 14.3. The summed E-state index contributed by atoms with van der Waals surface area (Å²) in [4.78, 5) is 15.8. The molecular formula is C14H13BrN2O3. The van der Waals surface area contributed by atoms with E-state index in [1.54, 1.807) is 37.6 Å². The Kier molecular flexibility index (Phi) is 4.95. The van der Waals surface area contributed by atoms with Crippen molar-refractivity contribution in [2.75, 3.05) is 19.0 Å². The molecule has 2 aromatic rings. The smallest absolute Gasteiger partial charge is 0.262 e. The molecule has 0 aliphatic heterocycles. The maximum absolute atomic E-state index is 11.8. The number of halogens is 1. The molecule has 0 bridgehead atoms. The summed E-state index contributed by atoms with van der Waals surface area (Å²) in [7, 11) is 1.55. The van der Waals surface area contributed by atoms with Crippen LogP contribution in [0.25, 0.3) is 0 Å². The van der Waals surface area contributed by atoms with Gasteiger partial charge in [0.15, 0.2) is 18.1 Å². The third kappa shape index (κ3) is 3.96. The normalized spacial score (nSPS) is 9.90. The number of methoxy groups -OCH3 is 1. The SMILES string of the molecule is COc1ccccc1OCC(=O)Nc1ccc(Br)nc1. The topological polar surface area (TPSA) is 60.5 Å². The predicted octanol–water partition coefficient (Wildman–Crippen LogP) is 2.87. The molecule has 0 atom stereocenters. The number of carbonyl (C=O) groups excluding carboxylic acids is 1. The van der Waals surface area contributed by atoms with Gasteiger partial charge in [0.05, 0.1) is 19.0 Å². The average molecular weight is 337 g/mol. The lowest BCUT2D eigenvalue weighted by Crippen LogP contribution is -2.20. The highest BCUT2D eigenvalue weighted by molar-refractivity contribution is 9.10. The summed E-state index contributed by atoms with van der Waals surface area (Å²) in [5, 5.41) is 2.69. The summed E-state index contributed by atoms with van der Waals surface area (Å²) in [5.41, 5.74) is 0.613. The fraction of sp³-hybridized carbons (Fsp3) is 0.143. The van der Waals surface area contributed by atoms with Gasteiger partial charge in [0.25, 0.3) is 5.91 Å². The molecule has 0 radical (unpaired) electrons. The van der Waals surface area contributed by atoms with Crippen molar-refractivity contribution in [3.05, 3.63) is 47.2 Å². The molecule has 0 unspecified atom stereocenters. The van der Waals surface area contributed by atoms with Crippen LogP contribution < -0.4 is 14.8 Å². The third-order valence-electron chi connectivity index (χ3n) is 2.44. The lowest BCUT2D eigenvalue weighted by molar-refractivity contribution is -0.118. The molecule has 1 aromatic carbocycles. The zero-order chi connectivity index (χ0) is 14.4. The lowest BCUT2D eigenvalue weighted by atomic mass is 10.3. The monoisotopic (exact) mass is 336 g/mol. The number of anilines is 1. The second kappa shape index (κ2) is 6.91. The molecule has 1 heterocycles.